The molecule has 0 spiro atoms. The highest BCUT2D eigenvalue weighted by molar-refractivity contribution is 4.84. The summed E-state index contributed by atoms with van der Waals surface area (Å²) >= 11 is 0. The Labute approximate surface area is 100 Å². The molecule has 0 amide bonds. The minimum atomic E-state index is -0.297. The van der Waals surface area contributed by atoms with Crippen LogP contribution in [0.5, 0.6) is 0 Å². The molecule has 2 fully saturated rings. The molecule has 1 atom stereocenters. The highest BCUT2D eigenvalue weighted by Gasteiger charge is 2.30. The molecular formula is C14H27NO. The van der Waals surface area contributed by atoms with Crippen LogP contribution < -0.4 is 0 Å². The molecule has 2 rings (SSSR count). The topological polar surface area (TPSA) is 23.5 Å². The van der Waals surface area contributed by atoms with Gasteiger partial charge in [0, 0.05) is 6.54 Å². The number of likely N-dealkylation sites (tertiary alicyclic amines) is 1. The minimum absolute atomic E-state index is 0.297. The molecule has 2 nitrogen and oxygen atoms in total. The van der Waals surface area contributed by atoms with Gasteiger partial charge in [0.2, 0.25) is 0 Å². The molecule has 1 aliphatic carbocycles. The minimum Gasteiger partial charge on any atom is -0.390 e. The van der Waals surface area contributed by atoms with Crippen molar-refractivity contribution in [2.75, 3.05) is 20.1 Å². The lowest BCUT2D eigenvalue weighted by Crippen LogP contribution is -2.35. The van der Waals surface area contributed by atoms with Crippen molar-refractivity contribution in [2.24, 2.45) is 5.92 Å². The highest BCUT2D eigenvalue weighted by atomic mass is 16.3. The van der Waals surface area contributed by atoms with Crippen LogP contribution in [0.1, 0.15) is 57.8 Å². The Hall–Kier alpha value is -0.0800. The van der Waals surface area contributed by atoms with E-state index in [4.69, 9.17) is 0 Å². The van der Waals surface area contributed by atoms with Crippen molar-refractivity contribution in [1.29, 1.82) is 0 Å². The van der Waals surface area contributed by atoms with E-state index in [1.807, 2.05) is 0 Å². The predicted octanol–water partition coefficient (Wildman–Crippen LogP) is 2.80. The Morgan fingerprint density at radius 1 is 1.19 bits per heavy atom. The molecule has 1 N–H and O–H groups in total. The van der Waals surface area contributed by atoms with Gasteiger partial charge >= 0.3 is 0 Å². The first-order valence-corrected chi connectivity index (χ1v) is 7.09. The maximum Gasteiger partial charge on any atom is 0.0648 e. The van der Waals surface area contributed by atoms with Crippen LogP contribution in [0.15, 0.2) is 0 Å². The van der Waals surface area contributed by atoms with E-state index in [2.05, 4.69) is 11.9 Å². The summed E-state index contributed by atoms with van der Waals surface area (Å²) in [5.74, 6) is 0.838. The first-order chi connectivity index (χ1) is 7.68. The molecule has 94 valence electrons. The summed E-state index contributed by atoms with van der Waals surface area (Å²) in [5, 5.41) is 10.5. The Morgan fingerprint density at radius 3 is 2.62 bits per heavy atom. The zero-order chi connectivity index (χ0) is 11.4. The zero-order valence-corrected chi connectivity index (χ0v) is 10.7. The Bertz CT molecular complexity index is 211. The van der Waals surface area contributed by atoms with Crippen LogP contribution in [0, 0.1) is 5.92 Å². The Morgan fingerprint density at radius 2 is 1.94 bits per heavy atom. The van der Waals surface area contributed by atoms with Gasteiger partial charge < -0.3 is 10.0 Å². The summed E-state index contributed by atoms with van der Waals surface area (Å²) < 4.78 is 0. The summed E-state index contributed by atoms with van der Waals surface area (Å²) in [6.45, 7) is 2.51. The zero-order valence-electron chi connectivity index (χ0n) is 10.7. The van der Waals surface area contributed by atoms with Crippen LogP contribution in [-0.4, -0.2) is 35.7 Å². The second-order valence-corrected chi connectivity index (χ2v) is 6.09. The molecule has 2 heteroatoms. The maximum absolute atomic E-state index is 10.5. The van der Waals surface area contributed by atoms with Gasteiger partial charge in [-0.15, -0.1) is 0 Å². The molecule has 0 aromatic rings. The monoisotopic (exact) mass is 225 g/mol. The molecule has 1 saturated carbocycles. The average Bonchev–Trinajstić information content (AvgIpc) is 2.28. The molecule has 1 heterocycles. The van der Waals surface area contributed by atoms with Crippen molar-refractivity contribution in [3.8, 4) is 0 Å². The van der Waals surface area contributed by atoms with Crippen molar-refractivity contribution < 1.29 is 5.11 Å². The van der Waals surface area contributed by atoms with Gasteiger partial charge in [0.05, 0.1) is 5.60 Å². The average molecular weight is 225 g/mol. The number of hydrogen-bond donors (Lipinski definition) is 1. The standard InChI is InChI=1S/C14H27NO/c1-15-11-5-6-13(12-15)7-10-14(16)8-3-2-4-9-14/h13,16H,2-12H2,1H3. The number of piperidine rings is 1. The number of aliphatic hydroxyl groups is 1. The highest BCUT2D eigenvalue weighted by Crippen LogP contribution is 2.34. The van der Waals surface area contributed by atoms with Crippen LogP contribution >= 0.6 is 0 Å². The Balaban J connectivity index is 1.73. The Kier molecular flexibility index (Phi) is 4.26. The molecule has 0 radical (unpaired) electrons. The maximum atomic E-state index is 10.5. The van der Waals surface area contributed by atoms with E-state index < -0.39 is 0 Å². The summed E-state index contributed by atoms with van der Waals surface area (Å²) in [6.07, 6.45) is 10.9. The van der Waals surface area contributed by atoms with Crippen molar-refractivity contribution in [2.45, 2.75) is 63.4 Å². The summed E-state index contributed by atoms with van der Waals surface area (Å²) in [6, 6.07) is 0. The van der Waals surface area contributed by atoms with E-state index in [1.54, 1.807) is 0 Å². The molecule has 0 aromatic heterocycles. The van der Waals surface area contributed by atoms with Crippen LogP contribution in [0.2, 0.25) is 0 Å². The number of nitrogens with zero attached hydrogens (tertiary/aromatic N) is 1. The van der Waals surface area contributed by atoms with Gasteiger partial charge in [0.15, 0.2) is 0 Å². The van der Waals surface area contributed by atoms with Crippen LogP contribution in [0.3, 0.4) is 0 Å². The van der Waals surface area contributed by atoms with Gasteiger partial charge in [-0.05, 0) is 58.0 Å². The van der Waals surface area contributed by atoms with Gasteiger partial charge in [-0.2, -0.15) is 0 Å². The summed E-state index contributed by atoms with van der Waals surface area (Å²) in [7, 11) is 2.22. The smallest absolute Gasteiger partial charge is 0.0648 e. The van der Waals surface area contributed by atoms with E-state index in [9.17, 15) is 5.11 Å². The van der Waals surface area contributed by atoms with Gasteiger partial charge in [-0.1, -0.05) is 19.3 Å². The fourth-order valence-corrected chi connectivity index (χ4v) is 3.44. The second-order valence-electron chi connectivity index (χ2n) is 6.09. The van der Waals surface area contributed by atoms with Crippen LogP contribution in [0.4, 0.5) is 0 Å². The molecule has 16 heavy (non-hydrogen) atoms. The van der Waals surface area contributed by atoms with Crippen molar-refractivity contribution in [3.05, 3.63) is 0 Å². The largest absolute Gasteiger partial charge is 0.390 e. The quantitative estimate of drug-likeness (QED) is 0.798. The van der Waals surface area contributed by atoms with E-state index in [-0.39, 0.29) is 5.60 Å². The van der Waals surface area contributed by atoms with Gasteiger partial charge in [0.25, 0.3) is 0 Å². The van der Waals surface area contributed by atoms with Crippen molar-refractivity contribution in [3.63, 3.8) is 0 Å². The SMILES string of the molecule is CN1CCCC(CCC2(O)CCCCC2)C1. The van der Waals surface area contributed by atoms with Crippen molar-refractivity contribution in [1.82, 2.24) is 4.90 Å². The molecule has 0 bridgehead atoms. The lowest BCUT2D eigenvalue weighted by Gasteiger charge is -2.35. The predicted molar refractivity (Wildman–Crippen MR) is 67.5 cm³/mol. The summed E-state index contributed by atoms with van der Waals surface area (Å²) in [4.78, 5) is 2.44. The fourth-order valence-electron chi connectivity index (χ4n) is 3.44. The third kappa shape index (κ3) is 3.46. The van der Waals surface area contributed by atoms with Gasteiger partial charge in [-0.25, -0.2) is 0 Å². The van der Waals surface area contributed by atoms with E-state index >= 15 is 0 Å². The molecule has 0 aromatic carbocycles. The fraction of sp³-hybridized carbons (Fsp3) is 1.00. The third-order valence-electron chi connectivity index (χ3n) is 4.52. The molecule has 1 saturated heterocycles. The second kappa shape index (κ2) is 5.50. The first kappa shape index (κ1) is 12.4. The normalized spacial score (nSPS) is 31.5. The summed E-state index contributed by atoms with van der Waals surface area (Å²) in [5.41, 5.74) is -0.297. The van der Waals surface area contributed by atoms with Crippen molar-refractivity contribution >= 4 is 0 Å². The van der Waals surface area contributed by atoms with E-state index in [0.717, 1.165) is 25.2 Å². The number of hydrogen-bond acceptors (Lipinski definition) is 2. The van der Waals surface area contributed by atoms with E-state index in [1.165, 1.54) is 51.6 Å². The molecular weight excluding hydrogens is 198 g/mol. The lowest BCUT2D eigenvalue weighted by atomic mass is 9.79. The van der Waals surface area contributed by atoms with Crippen LogP contribution in [0.25, 0.3) is 0 Å². The molecule has 2 aliphatic rings. The first-order valence-electron chi connectivity index (χ1n) is 7.09. The molecule has 1 aliphatic heterocycles. The lowest BCUT2D eigenvalue weighted by molar-refractivity contribution is -0.0113. The van der Waals surface area contributed by atoms with Crippen LogP contribution in [-0.2, 0) is 0 Å². The van der Waals surface area contributed by atoms with Gasteiger partial charge in [-0.3, -0.25) is 0 Å². The molecule has 1 unspecified atom stereocenters. The number of rotatable bonds is 3. The van der Waals surface area contributed by atoms with Gasteiger partial charge in [0.1, 0.15) is 0 Å². The third-order valence-corrected chi connectivity index (χ3v) is 4.52. The van der Waals surface area contributed by atoms with E-state index in [0.29, 0.717) is 0 Å².